The van der Waals surface area contributed by atoms with Gasteiger partial charge >= 0.3 is 0 Å². The van der Waals surface area contributed by atoms with Gasteiger partial charge in [0.1, 0.15) is 12.4 Å². The van der Waals surface area contributed by atoms with Crippen molar-refractivity contribution in [3.05, 3.63) is 60.2 Å². The number of hydrogen-bond acceptors (Lipinski definition) is 6. The van der Waals surface area contributed by atoms with Crippen molar-refractivity contribution in [3.8, 4) is 17.1 Å². The highest BCUT2D eigenvalue weighted by Crippen LogP contribution is 2.63. The Bertz CT molecular complexity index is 908. The van der Waals surface area contributed by atoms with Crippen molar-refractivity contribution in [2.24, 2.45) is 5.41 Å². The SMILES string of the molecule is Cl.c1cncc(COc2ccc(-c3noc(C4CC45CCNCC5)n3)cc2)c1. The van der Waals surface area contributed by atoms with E-state index in [0.29, 0.717) is 23.8 Å². The Morgan fingerprint density at radius 1 is 1.14 bits per heavy atom. The van der Waals surface area contributed by atoms with Crippen LogP contribution in [0, 0.1) is 5.41 Å². The molecular formula is C21H23ClN4O2. The van der Waals surface area contributed by atoms with Crippen molar-refractivity contribution in [1.82, 2.24) is 20.4 Å². The Hall–Kier alpha value is -2.44. The van der Waals surface area contributed by atoms with Gasteiger partial charge in [0.15, 0.2) is 0 Å². The molecule has 1 aliphatic heterocycles. The zero-order valence-electron chi connectivity index (χ0n) is 15.5. The Morgan fingerprint density at radius 3 is 2.71 bits per heavy atom. The summed E-state index contributed by atoms with van der Waals surface area (Å²) < 4.78 is 11.4. The van der Waals surface area contributed by atoms with Crippen LogP contribution in [0.3, 0.4) is 0 Å². The van der Waals surface area contributed by atoms with Crippen LogP contribution in [-0.4, -0.2) is 28.2 Å². The summed E-state index contributed by atoms with van der Waals surface area (Å²) >= 11 is 0. The van der Waals surface area contributed by atoms with Crippen LogP contribution in [0.25, 0.3) is 11.4 Å². The second-order valence-corrected chi connectivity index (χ2v) is 7.50. The summed E-state index contributed by atoms with van der Waals surface area (Å²) in [5, 5.41) is 7.63. The second-order valence-electron chi connectivity index (χ2n) is 7.50. The molecule has 1 aromatic carbocycles. The summed E-state index contributed by atoms with van der Waals surface area (Å²) in [6.45, 7) is 2.69. The Balaban J connectivity index is 0.00000192. The molecule has 28 heavy (non-hydrogen) atoms. The number of piperidine rings is 1. The van der Waals surface area contributed by atoms with Gasteiger partial charge in [0.25, 0.3) is 0 Å². The number of aromatic nitrogens is 3. The van der Waals surface area contributed by atoms with E-state index in [9.17, 15) is 0 Å². The molecule has 1 atom stereocenters. The van der Waals surface area contributed by atoms with Crippen LogP contribution < -0.4 is 10.1 Å². The molecule has 3 heterocycles. The lowest BCUT2D eigenvalue weighted by Gasteiger charge is -2.22. The van der Waals surface area contributed by atoms with Crippen LogP contribution >= 0.6 is 12.4 Å². The largest absolute Gasteiger partial charge is 0.489 e. The summed E-state index contributed by atoms with van der Waals surface area (Å²) in [5.41, 5.74) is 2.39. The third-order valence-electron chi connectivity index (χ3n) is 5.77. The molecular weight excluding hydrogens is 376 g/mol. The number of hydrogen-bond donors (Lipinski definition) is 1. The van der Waals surface area contributed by atoms with Crippen LogP contribution in [0.5, 0.6) is 5.75 Å². The minimum Gasteiger partial charge on any atom is -0.489 e. The van der Waals surface area contributed by atoms with Gasteiger partial charge in [-0.1, -0.05) is 11.2 Å². The quantitative estimate of drug-likeness (QED) is 0.700. The molecule has 1 N–H and O–H groups in total. The zero-order valence-corrected chi connectivity index (χ0v) is 16.3. The minimum absolute atomic E-state index is 0. The highest BCUT2D eigenvalue weighted by Gasteiger charge is 2.57. The minimum atomic E-state index is 0. The van der Waals surface area contributed by atoms with Gasteiger partial charge in [0, 0.05) is 29.4 Å². The zero-order chi connectivity index (χ0) is 18.1. The molecule has 1 unspecified atom stereocenters. The molecule has 0 bridgehead atoms. The lowest BCUT2D eigenvalue weighted by atomic mass is 9.92. The molecule has 0 amide bonds. The summed E-state index contributed by atoms with van der Waals surface area (Å²) in [5.74, 6) is 2.69. The first-order chi connectivity index (χ1) is 13.3. The van der Waals surface area contributed by atoms with Gasteiger partial charge < -0.3 is 14.6 Å². The monoisotopic (exact) mass is 398 g/mol. The predicted molar refractivity (Wildman–Crippen MR) is 107 cm³/mol. The van der Waals surface area contributed by atoms with Gasteiger partial charge in [-0.05, 0) is 68.1 Å². The van der Waals surface area contributed by atoms with E-state index >= 15 is 0 Å². The molecule has 146 valence electrons. The van der Waals surface area contributed by atoms with E-state index in [-0.39, 0.29) is 12.4 Å². The van der Waals surface area contributed by atoms with Gasteiger partial charge in [-0.2, -0.15) is 4.98 Å². The molecule has 2 aromatic heterocycles. The van der Waals surface area contributed by atoms with Gasteiger partial charge in [-0.15, -0.1) is 12.4 Å². The van der Waals surface area contributed by atoms with Crippen molar-refractivity contribution in [2.75, 3.05) is 13.1 Å². The average molecular weight is 399 g/mol. The van der Waals surface area contributed by atoms with Crippen LogP contribution in [0.2, 0.25) is 0 Å². The first-order valence-electron chi connectivity index (χ1n) is 9.49. The highest BCUT2D eigenvalue weighted by molar-refractivity contribution is 5.85. The predicted octanol–water partition coefficient (Wildman–Crippen LogP) is 3.99. The Labute approximate surface area is 170 Å². The molecule has 1 saturated carbocycles. The number of nitrogens with one attached hydrogen (secondary N) is 1. The van der Waals surface area contributed by atoms with Gasteiger partial charge in [0.05, 0.1) is 0 Å². The van der Waals surface area contributed by atoms with E-state index in [1.807, 2.05) is 42.6 Å². The molecule has 5 rings (SSSR count). The van der Waals surface area contributed by atoms with Crippen LogP contribution in [0.15, 0.2) is 53.3 Å². The van der Waals surface area contributed by atoms with Crippen molar-refractivity contribution in [2.45, 2.75) is 31.8 Å². The third kappa shape index (κ3) is 3.75. The Kier molecular flexibility index (Phi) is 5.33. The fourth-order valence-electron chi connectivity index (χ4n) is 4.02. The van der Waals surface area contributed by atoms with E-state index in [2.05, 4.69) is 20.4 Å². The van der Waals surface area contributed by atoms with Crippen LogP contribution in [0.1, 0.15) is 36.6 Å². The van der Waals surface area contributed by atoms with Gasteiger partial charge in [-0.3, -0.25) is 4.98 Å². The molecule has 6 nitrogen and oxygen atoms in total. The fraction of sp³-hybridized carbons (Fsp3) is 0.381. The molecule has 2 aliphatic rings. The molecule has 2 fully saturated rings. The van der Waals surface area contributed by atoms with E-state index in [1.165, 1.54) is 19.3 Å². The highest BCUT2D eigenvalue weighted by atomic mass is 35.5. The lowest BCUT2D eigenvalue weighted by Crippen LogP contribution is -2.29. The lowest BCUT2D eigenvalue weighted by molar-refractivity contribution is 0.306. The molecule has 7 heteroatoms. The number of benzene rings is 1. The summed E-state index contributed by atoms with van der Waals surface area (Å²) in [6, 6.07) is 11.7. The summed E-state index contributed by atoms with van der Waals surface area (Å²) in [6.07, 6.45) is 7.16. The van der Waals surface area contributed by atoms with Crippen LogP contribution in [-0.2, 0) is 6.61 Å². The number of halogens is 1. The van der Waals surface area contributed by atoms with Gasteiger partial charge in [-0.25, -0.2) is 0 Å². The second kappa shape index (κ2) is 7.89. The normalized spacial score (nSPS) is 19.8. The number of ether oxygens (including phenoxy) is 1. The first-order valence-corrected chi connectivity index (χ1v) is 9.49. The first kappa shape index (κ1) is 18.9. The molecule has 1 saturated heterocycles. The topological polar surface area (TPSA) is 73.1 Å². The average Bonchev–Trinajstić information content (AvgIpc) is 3.19. The Morgan fingerprint density at radius 2 is 1.96 bits per heavy atom. The van der Waals surface area contributed by atoms with Crippen molar-refractivity contribution in [1.29, 1.82) is 0 Å². The molecule has 0 radical (unpaired) electrons. The summed E-state index contributed by atoms with van der Waals surface area (Å²) in [4.78, 5) is 8.76. The molecule has 3 aromatic rings. The summed E-state index contributed by atoms with van der Waals surface area (Å²) in [7, 11) is 0. The van der Waals surface area contributed by atoms with Crippen molar-refractivity contribution < 1.29 is 9.26 Å². The number of rotatable bonds is 5. The smallest absolute Gasteiger partial charge is 0.230 e. The molecule has 1 aliphatic carbocycles. The van der Waals surface area contributed by atoms with Crippen molar-refractivity contribution >= 4 is 12.4 Å². The standard InChI is InChI=1S/C21H22N4O2.ClH/c1-2-15(13-23-9-1)14-26-17-5-3-16(4-6-17)19-24-20(27-25-19)18-12-21(18)7-10-22-11-8-21;/h1-6,9,13,18,22H,7-8,10-12,14H2;1H. The van der Waals surface area contributed by atoms with E-state index in [0.717, 1.165) is 35.9 Å². The third-order valence-corrected chi connectivity index (χ3v) is 5.77. The van der Waals surface area contributed by atoms with E-state index in [4.69, 9.17) is 9.26 Å². The number of nitrogens with zero attached hydrogens (tertiary/aromatic N) is 3. The van der Waals surface area contributed by atoms with Crippen LogP contribution in [0.4, 0.5) is 0 Å². The van der Waals surface area contributed by atoms with Gasteiger partial charge in [0.2, 0.25) is 11.7 Å². The maximum absolute atomic E-state index is 5.80. The van der Waals surface area contributed by atoms with E-state index < -0.39 is 0 Å². The fourth-order valence-corrected chi connectivity index (χ4v) is 4.02. The molecule has 1 spiro atoms. The maximum Gasteiger partial charge on any atom is 0.230 e. The maximum atomic E-state index is 5.80. The van der Waals surface area contributed by atoms with E-state index in [1.54, 1.807) is 6.20 Å². The number of pyridine rings is 1. The van der Waals surface area contributed by atoms with Crippen molar-refractivity contribution in [3.63, 3.8) is 0 Å².